The van der Waals surface area contributed by atoms with Gasteiger partial charge in [0.05, 0.1) is 0 Å². The van der Waals surface area contributed by atoms with Crippen LogP contribution >= 0.6 is 0 Å². The van der Waals surface area contributed by atoms with Crippen molar-refractivity contribution in [1.82, 2.24) is 4.90 Å². The third-order valence-corrected chi connectivity index (χ3v) is 4.97. The van der Waals surface area contributed by atoms with Gasteiger partial charge in [-0.25, -0.2) is 0 Å². The fourth-order valence-electron chi connectivity index (χ4n) is 3.59. The first-order valence-electron chi connectivity index (χ1n) is 9.16. The number of hydrogen-bond donors (Lipinski definition) is 3. The predicted molar refractivity (Wildman–Crippen MR) is 100 cm³/mol. The molecule has 5 nitrogen and oxygen atoms in total. The number of phenols is 1. The highest BCUT2D eigenvalue weighted by molar-refractivity contribution is 5.31. The van der Waals surface area contributed by atoms with Gasteiger partial charge in [0.25, 0.3) is 0 Å². The Bertz CT molecular complexity index is 691. The van der Waals surface area contributed by atoms with E-state index < -0.39 is 17.9 Å². The maximum absolute atomic E-state index is 11.4. The molecule has 3 unspecified atom stereocenters. The largest absolute Gasteiger partial charge is 0.508 e. The Morgan fingerprint density at radius 1 is 1.12 bits per heavy atom. The van der Waals surface area contributed by atoms with Crippen LogP contribution in [-0.4, -0.2) is 51.2 Å². The quantitative estimate of drug-likeness (QED) is 0.741. The van der Waals surface area contributed by atoms with E-state index in [1.165, 1.54) is 12.1 Å². The van der Waals surface area contributed by atoms with E-state index in [2.05, 4.69) is 6.92 Å². The van der Waals surface area contributed by atoms with Gasteiger partial charge in [0.15, 0.2) is 6.10 Å². The van der Waals surface area contributed by atoms with Crippen LogP contribution in [0.5, 0.6) is 11.5 Å². The SMILES string of the molecule is CCCN1CCC(O)(Cc2ccccc2)C(Oc2ccc(O)cc2)C1O. The van der Waals surface area contributed by atoms with E-state index in [1.807, 2.05) is 35.2 Å². The Balaban J connectivity index is 1.86. The molecule has 0 aliphatic carbocycles. The molecule has 0 spiro atoms. The van der Waals surface area contributed by atoms with Crippen LogP contribution in [0.3, 0.4) is 0 Å². The summed E-state index contributed by atoms with van der Waals surface area (Å²) in [4.78, 5) is 1.95. The van der Waals surface area contributed by atoms with Crippen LogP contribution in [0.2, 0.25) is 0 Å². The smallest absolute Gasteiger partial charge is 0.167 e. The third kappa shape index (κ3) is 4.18. The first-order valence-corrected chi connectivity index (χ1v) is 9.16. The summed E-state index contributed by atoms with van der Waals surface area (Å²) in [7, 11) is 0. The molecular weight excluding hydrogens is 330 g/mol. The minimum absolute atomic E-state index is 0.147. The summed E-state index contributed by atoms with van der Waals surface area (Å²) < 4.78 is 6.03. The maximum Gasteiger partial charge on any atom is 0.167 e. The molecule has 2 aromatic carbocycles. The highest BCUT2D eigenvalue weighted by Crippen LogP contribution is 2.33. The summed E-state index contributed by atoms with van der Waals surface area (Å²) in [6.07, 6.45) is 0.161. The van der Waals surface area contributed by atoms with Gasteiger partial charge >= 0.3 is 0 Å². The molecule has 140 valence electrons. The molecule has 2 aromatic rings. The van der Waals surface area contributed by atoms with Gasteiger partial charge < -0.3 is 20.1 Å². The van der Waals surface area contributed by atoms with Crippen molar-refractivity contribution in [1.29, 1.82) is 0 Å². The second-order valence-electron chi connectivity index (χ2n) is 7.00. The van der Waals surface area contributed by atoms with Crippen LogP contribution in [0.25, 0.3) is 0 Å². The molecule has 0 bridgehead atoms. The Morgan fingerprint density at radius 3 is 2.46 bits per heavy atom. The Kier molecular flexibility index (Phi) is 5.81. The van der Waals surface area contributed by atoms with Crippen LogP contribution in [0.4, 0.5) is 0 Å². The molecule has 1 fully saturated rings. The Hall–Kier alpha value is -2.08. The standard InChI is InChI=1S/C21H27NO4/c1-2-13-22-14-12-21(25,15-16-6-4-3-5-7-16)19(20(22)24)26-18-10-8-17(23)9-11-18/h3-11,19-20,23-25H,2,12-15H2,1H3. The van der Waals surface area contributed by atoms with E-state index in [0.717, 1.165) is 18.5 Å². The average Bonchev–Trinajstić information content (AvgIpc) is 2.64. The lowest BCUT2D eigenvalue weighted by Gasteiger charge is -2.47. The van der Waals surface area contributed by atoms with Crippen molar-refractivity contribution in [2.24, 2.45) is 0 Å². The number of rotatable bonds is 6. The molecule has 1 heterocycles. The molecular formula is C21H27NO4. The van der Waals surface area contributed by atoms with Crippen molar-refractivity contribution >= 4 is 0 Å². The number of benzene rings is 2. The highest BCUT2D eigenvalue weighted by Gasteiger charge is 2.48. The zero-order chi connectivity index (χ0) is 18.6. The van der Waals surface area contributed by atoms with Crippen molar-refractivity contribution in [3.05, 3.63) is 60.2 Å². The predicted octanol–water partition coefficient (Wildman–Crippen LogP) is 2.55. The van der Waals surface area contributed by atoms with Gasteiger partial charge in [0.2, 0.25) is 0 Å². The molecule has 1 saturated heterocycles. The van der Waals surface area contributed by atoms with Crippen molar-refractivity contribution in [2.75, 3.05) is 13.1 Å². The van der Waals surface area contributed by atoms with Crippen LogP contribution in [0.1, 0.15) is 25.3 Å². The Morgan fingerprint density at radius 2 is 1.81 bits per heavy atom. The van der Waals surface area contributed by atoms with E-state index >= 15 is 0 Å². The number of nitrogens with zero attached hydrogens (tertiary/aromatic N) is 1. The normalized spacial score (nSPS) is 26.6. The number of phenolic OH excluding ortho intramolecular Hbond substituents is 1. The molecule has 3 N–H and O–H groups in total. The second kappa shape index (κ2) is 8.08. The van der Waals surface area contributed by atoms with Gasteiger partial charge in [-0.05, 0) is 42.7 Å². The van der Waals surface area contributed by atoms with Crippen LogP contribution in [0, 0.1) is 0 Å². The fourth-order valence-corrected chi connectivity index (χ4v) is 3.59. The summed E-state index contributed by atoms with van der Waals surface area (Å²) >= 11 is 0. The zero-order valence-corrected chi connectivity index (χ0v) is 15.1. The van der Waals surface area contributed by atoms with Gasteiger partial charge in [-0.3, -0.25) is 4.90 Å². The van der Waals surface area contributed by atoms with Gasteiger partial charge in [0, 0.05) is 19.5 Å². The first-order chi connectivity index (χ1) is 12.5. The highest BCUT2D eigenvalue weighted by atomic mass is 16.5. The van der Waals surface area contributed by atoms with E-state index in [1.54, 1.807) is 12.1 Å². The van der Waals surface area contributed by atoms with E-state index in [0.29, 0.717) is 25.1 Å². The van der Waals surface area contributed by atoms with Crippen LogP contribution in [-0.2, 0) is 6.42 Å². The fraction of sp³-hybridized carbons (Fsp3) is 0.429. The first kappa shape index (κ1) is 18.7. The molecule has 5 heteroatoms. The van der Waals surface area contributed by atoms with Gasteiger partial charge in [-0.1, -0.05) is 37.3 Å². The molecule has 1 aliphatic heterocycles. The van der Waals surface area contributed by atoms with Crippen molar-refractivity contribution in [3.63, 3.8) is 0 Å². The maximum atomic E-state index is 11.4. The molecule has 0 saturated carbocycles. The number of aliphatic hydroxyl groups excluding tert-OH is 1. The number of likely N-dealkylation sites (tertiary alicyclic amines) is 1. The summed E-state index contributed by atoms with van der Waals surface area (Å²) in [5.41, 5.74) is -0.173. The average molecular weight is 357 g/mol. The van der Waals surface area contributed by atoms with Crippen molar-refractivity contribution in [3.8, 4) is 11.5 Å². The van der Waals surface area contributed by atoms with Crippen molar-refractivity contribution < 1.29 is 20.1 Å². The van der Waals surface area contributed by atoms with E-state index in [4.69, 9.17) is 4.74 Å². The van der Waals surface area contributed by atoms with Gasteiger partial charge in [0.1, 0.15) is 23.3 Å². The number of ether oxygens (including phenoxy) is 1. The summed E-state index contributed by atoms with van der Waals surface area (Å²) in [6, 6.07) is 16.1. The molecule has 26 heavy (non-hydrogen) atoms. The Labute approximate surface area is 154 Å². The minimum Gasteiger partial charge on any atom is -0.508 e. The van der Waals surface area contributed by atoms with E-state index in [-0.39, 0.29) is 5.75 Å². The minimum atomic E-state index is -1.18. The lowest BCUT2D eigenvalue weighted by atomic mass is 9.81. The third-order valence-electron chi connectivity index (χ3n) is 4.97. The summed E-state index contributed by atoms with van der Waals surface area (Å²) in [6.45, 7) is 3.43. The second-order valence-corrected chi connectivity index (χ2v) is 7.00. The lowest BCUT2D eigenvalue weighted by Crippen LogP contribution is -2.64. The summed E-state index contributed by atoms with van der Waals surface area (Å²) in [5, 5.41) is 31.7. The molecule has 0 radical (unpaired) electrons. The number of aromatic hydroxyl groups is 1. The lowest BCUT2D eigenvalue weighted by molar-refractivity contribution is -0.192. The number of aliphatic hydroxyl groups is 2. The topological polar surface area (TPSA) is 73.2 Å². The van der Waals surface area contributed by atoms with Crippen LogP contribution < -0.4 is 4.74 Å². The molecule has 0 aromatic heterocycles. The molecule has 3 rings (SSSR count). The molecule has 1 aliphatic rings. The molecule has 3 atom stereocenters. The van der Waals surface area contributed by atoms with Crippen molar-refractivity contribution in [2.45, 2.75) is 44.1 Å². The molecule has 0 amide bonds. The monoisotopic (exact) mass is 357 g/mol. The number of piperidine rings is 1. The van der Waals surface area contributed by atoms with E-state index in [9.17, 15) is 15.3 Å². The van der Waals surface area contributed by atoms with Gasteiger partial charge in [-0.2, -0.15) is 0 Å². The van der Waals surface area contributed by atoms with Crippen LogP contribution in [0.15, 0.2) is 54.6 Å². The zero-order valence-electron chi connectivity index (χ0n) is 15.1. The summed E-state index contributed by atoms with van der Waals surface area (Å²) in [5.74, 6) is 0.658. The number of hydrogen-bond acceptors (Lipinski definition) is 5. The van der Waals surface area contributed by atoms with Gasteiger partial charge in [-0.15, -0.1) is 0 Å².